The number of hydrogen-bond acceptors (Lipinski definition) is 0. The summed E-state index contributed by atoms with van der Waals surface area (Å²) in [5.41, 5.74) is 8.66. The van der Waals surface area contributed by atoms with Gasteiger partial charge in [-0.05, 0) is 23.7 Å². The Morgan fingerprint density at radius 3 is 1.17 bits per heavy atom. The van der Waals surface area contributed by atoms with Crippen molar-refractivity contribution in [1.82, 2.24) is 0 Å². The fourth-order valence-corrected chi connectivity index (χ4v) is 5.01. The second kappa shape index (κ2) is 17.8. The molecule has 0 heterocycles. The van der Waals surface area contributed by atoms with Crippen LogP contribution in [0.2, 0.25) is 0 Å². The first kappa shape index (κ1) is 37.0. The van der Waals surface area contributed by atoms with Gasteiger partial charge in [-0.3, -0.25) is 0 Å². The first-order valence-corrected chi connectivity index (χ1v) is 18.7. The first-order chi connectivity index (χ1) is 19.0. The number of rotatable bonds is 4. The normalized spacial score (nSPS) is 10.6. The molecule has 0 aliphatic heterocycles. The molecule has 0 nitrogen and oxygen atoms in total. The molecule has 0 aromatic heterocycles. The molecule has 41 heavy (non-hydrogen) atoms. The van der Waals surface area contributed by atoms with E-state index in [1.54, 1.807) is 0 Å². The van der Waals surface area contributed by atoms with Gasteiger partial charge in [-0.15, -0.1) is 56.9 Å². The average Bonchev–Trinajstić information content (AvgIpc) is 3.50. The van der Waals surface area contributed by atoms with Gasteiger partial charge in [-0.1, -0.05) is 104 Å². The zero-order chi connectivity index (χ0) is 30.0. The Bertz CT molecular complexity index is 1330. The van der Waals surface area contributed by atoms with Crippen molar-refractivity contribution in [2.75, 3.05) is 0 Å². The second-order valence-corrected chi connectivity index (χ2v) is 12.0. The molecule has 0 saturated heterocycles. The predicted molar refractivity (Wildman–Crippen MR) is 182 cm³/mol. The van der Waals surface area contributed by atoms with E-state index in [0.29, 0.717) is 23.7 Å². The summed E-state index contributed by atoms with van der Waals surface area (Å²) in [6.45, 7) is 25.6. The van der Waals surface area contributed by atoms with Crippen LogP contribution in [0.15, 0.2) is 78.9 Å². The fourth-order valence-electron chi connectivity index (χ4n) is 5.01. The molecule has 0 spiro atoms. The Morgan fingerprint density at radius 2 is 0.927 bits per heavy atom. The third-order valence-corrected chi connectivity index (χ3v) is 7.23. The molecular weight excluding hydrogens is 588 g/mol. The fraction of sp³-hybridized carbons (Fsp3) is 0.359. The molecule has 0 unspecified atom stereocenters. The van der Waals surface area contributed by atoms with Gasteiger partial charge in [-0.2, -0.15) is 48.5 Å². The molecule has 0 aliphatic rings. The second-order valence-electron chi connectivity index (χ2n) is 12.0. The van der Waals surface area contributed by atoms with Crippen LogP contribution >= 0.6 is 0 Å². The van der Waals surface area contributed by atoms with Gasteiger partial charge in [0, 0.05) is 0 Å². The van der Waals surface area contributed by atoms with Crippen LogP contribution < -0.4 is 0 Å². The molecule has 5 rings (SSSR count). The zero-order valence-electron chi connectivity index (χ0n) is 27.3. The van der Waals surface area contributed by atoms with E-state index < -0.39 is 0 Å². The van der Waals surface area contributed by atoms with Crippen LogP contribution in [0.3, 0.4) is 0 Å². The van der Waals surface area contributed by atoms with E-state index in [0.717, 1.165) is 0 Å². The summed E-state index contributed by atoms with van der Waals surface area (Å²) in [6.07, 6.45) is 0. The maximum atomic E-state index is 3.06. The van der Waals surface area contributed by atoms with Crippen molar-refractivity contribution in [2.45, 2.75) is 92.9 Å². The number of aryl methyl sites for hydroxylation is 2. The van der Waals surface area contributed by atoms with E-state index in [4.69, 9.17) is 0 Å². The molecule has 0 atom stereocenters. The predicted octanol–water partition coefficient (Wildman–Crippen LogP) is 11.8. The van der Waals surface area contributed by atoms with Crippen molar-refractivity contribution < 1.29 is 23.3 Å². The molecule has 5 aromatic rings. The maximum absolute atomic E-state index is 3.06. The molecule has 0 saturated carbocycles. The van der Waals surface area contributed by atoms with Crippen molar-refractivity contribution in [2.24, 2.45) is 0 Å². The zero-order valence-corrected chi connectivity index (χ0v) is 30.8. The minimum Gasteiger partial charge on any atom is -0.184 e. The van der Waals surface area contributed by atoms with Crippen LogP contribution in [0.5, 0.6) is 0 Å². The Morgan fingerprint density at radius 1 is 0.561 bits per heavy atom. The van der Waals surface area contributed by atoms with Gasteiger partial charge < -0.3 is 7.43 Å². The van der Waals surface area contributed by atoms with Gasteiger partial charge in [0.2, 0.25) is 0 Å². The minimum atomic E-state index is 0. The van der Waals surface area contributed by atoms with E-state index in [2.05, 4.69) is 131 Å². The Balaban J connectivity index is 0.000000319. The number of benzene rings is 3. The van der Waals surface area contributed by atoms with E-state index >= 15 is 0 Å². The molecule has 218 valence electrons. The average molecular weight is 638 g/mol. The SMILES string of the molecule is Cc1cc2c(C(C)C)cc(C(C)C)cc2[cH-]1.Cc1cc2c(C(C)C)cc(C(C)C)cc2[cH-]1.[CH3-].[Si]=[Zr].[c-]1ccccc1. The van der Waals surface area contributed by atoms with Crippen molar-refractivity contribution in [1.29, 1.82) is 0 Å². The first-order valence-electron chi connectivity index (χ1n) is 14.6. The van der Waals surface area contributed by atoms with E-state index in [1.165, 1.54) is 78.3 Å². The molecule has 5 aromatic carbocycles. The van der Waals surface area contributed by atoms with E-state index in [1.807, 2.05) is 30.3 Å². The van der Waals surface area contributed by atoms with Gasteiger partial charge in [0.15, 0.2) is 0 Å². The van der Waals surface area contributed by atoms with Crippen LogP contribution in [-0.2, 0) is 23.3 Å². The van der Waals surface area contributed by atoms with Crippen LogP contribution in [0.4, 0.5) is 0 Å². The molecule has 0 amide bonds. The Hall–Kier alpha value is -2.02. The third kappa shape index (κ3) is 10.6. The summed E-state index contributed by atoms with van der Waals surface area (Å²) in [5.74, 6) is 2.42. The third-order valence-electron chi connectivity index (χ3n) is 7.23. The van der Waals surface area contributed by atoms with E-state index in [9.17, 15) is 0 Å². The molecule has 0 aliphatic carbocycles. The maximum Gasteiger partial charge on any atom is -0.171 e. The van der Waals surface area contributed by atoms with Crippen LogP contribution in [0.1, 0.15) is 112 Å². The smallest absolute Gasteiger partial charge is 0.171 e. The minimum absolute atomic E-state index is 0. The van der Waals surface area contributed by atoms with Crippen molar-refractivity contribution in [3.05, 3.63) is 126 Å². The standard InChI is InChI=1S/2C16H21.C6H5.CH3.Si.Zr/c2*1-10(2)13-8-14-6-12(5)7-16(14)15(9-13)11(3)4;1-2-4-6-5-3-1;;;/h2*6-11H,1-5H3;1-5H;1H3;;/q4*-1;;. The quantitative estimate of drug-likeness (QED) is 0.136. The molecule has 0 bridgehead atoms. The summed E-state index contributed by atoms with van der Waals surface area (Å²) in [4.78, 5) is 0. The van der Waals surface area contributed by atoms with Crippen LogP contribution in [-0.4, -0.2) is 6.88 Å². The summed E-state index contributed by atoms with van der Waals surface area (Å²) in [7, 11) is 0. The monoisotopic (exact) mass is 636 g/mol. The van der Waals surface area contributed by atoms with Crippen molar-refractivity contribution >= 4 is 28.4 Å². The summed E-state index contributed by atoms with van der Waals surface area (Å²) in [5, 5.41) is 5.70. The van der Waals surface area contributed by atoms with Gasteiger partial charge >= 0.3 is 30.2 Å². The van der Waals surface area contributed by atoms with Gasteiger partial charge in [-0.25, -0.2) is 0 Å². The van der Waals surface area contributed by atoms with Crippen LogP contribution in [0, 0.1) is 27.3 Å². The van der Waals surface area contributed by atoms with Gasteiger partial charge in [0.05, 0.1) is 0 Å². The molecule has 0 N–H and O–H groups in total. The topological polar surface area (TPSA) is 0 Å². The van der Waals surface area contributed by atoms with Gasteiger partial charge in [0.1, 0.15) is 0 Å². The number of hydrogen-bond donors (Lipinski definition) is 0. The summed E-state index contributed by atoms with van der Waals surface area (Å²) >= 11 is 1.36. The summed E-state index contributed by atoms with van der Waals surface area (Å²) < 4.78 is 0. The number of fused-ring (bicyclic) bond motifs is 2. The molecule has 0 fully saturated rings. The Labute approximate surface area is 268 Å². The van der Waals surface area contributed by atoms with E-state index in [-0.39, 0.29) is 7.43 Å². The largest absolute Gasteiger partial charge is 0.184 e. The molecular formula is C39H50SiZr-4. The summed E-state index contributed by atoms with van der Waals surface area (Å²) in [6, 6.07) is 31.2. The van der Waals surface area contributed by atoms with Gasteiger partial charge in [0.25, 0.3) is 0 Å². The molecule has 2 heteroatoms. The van der Waals surface area contributed by atoms with Crippen molar-refractivity contribution in [3.8, 4) is 0 Å². The molecule has 2 radical (unpaired) electrons. The van der Waals surface area contributed by atoms with Crippen molar-refractivity contribution in [3.63, 3.8) is 0 Å². The Kier molecular flexibility index (Phi) is 16.1. The van der Waals surface area contributed by atoms with Crippen LogP contribution in [0.25, 0.3) is 21.5 Å².